The van der Waals surface area contributed by atoms with Gasteiger partial charge in [-0.1, -0.05) is 0 Å². The molecule has 4 nitrogen and oxygen atoms in total. The van der Waals surface area contributed by atoms with Gasteiger partial charge in [-0.05, 0) is 0 Å². The molecule has 0 heterocycles. The molecule has 0 aliphatic rings. The number of halogens is 1. The molecule has 0 aromatic heterocycles. The van der Waals surface area contributed by atoms with Crippen molar-refractivity contribution in [2.24, 2.45) is 5.73 Å². The summed E-state index contributed by atoms with van der Waals surface area (Å²) >= 11 is 3.64. The van der Waals surface area contributed by atoms with Gasteiger partial charge in [0.15, 0.2) is 17.4 Å². The van der Waals surface area contributed by atoms with Crippen molar-refractivity contribution in [1.82, 2.24) is 0 Å². The van der Waals surface area contributed by atoms with Crippen LogP contribution < -0.4 is 5.73 Å². The molecule has 0 amide bonds. The Kier molecular flexibility index (Phi) is 90.0. The average Bonchev–Trinajstić information content (AvgIpc) is 1.73. The first-order chi connectivity index (χ1) is 3.27. The SMILES string of the molecule is NCC(=O)O.OCl.[AlH3].[NaH].[Zr]. The van der Waals surface area contributed by atoms with Gasteiger partial charge in [0, 0.05) is 26.2 Å². The summed E-state index contributed by atoms with van der Waals surface area (Å²) in [4.78, 5) is 9.24. The van der Waals surface area contributed by atoms with Gasteiger partial charge in [0.05, 0.1) is 18.4 Å². The van der Waals surface area contributed by atoms with Gasteiger partial charge >= 0.3 is 35.5 Å². The van der Waals surface area contributed by atoms with Crippen LogP contribution in [0.15, 0.2) is 0 Å². The molecule has 0 spiro atoms. The molecule has 0 saturated heterocycles. The van der Waals surface area contributed by atoms with Crippen LogP contribution in [0.5, 0.6) is 0 Å². The molecule has 0 fully saturated rings. The van der Waals surface area contributed by atoms with Gasteiger partial charge in [-0.15, -0.1) is 0 Å². The molecule has 0 saturated carbocycles. The summed E-state index contributed by atoms with van der Waals surface area (Å²) in [6.07, 6.45) is 0. The fourth-order valence-electron chi connectivity index (χ4n) is 0. The largest absolute Gasteiger partial charge is 0 e. The van der Waals surface area contributed by atoms with E-state index in [1.165, 1.54) is 0 Å². The molecule has 8 heteroatoms. The van der Waals surface area contributed by atoms with Crippen LogP contribution in [0.3, 0.4) is 0 Å². The van der Waals surface area contributed by atoms with E-state index in [1.54, 1.807) is 0 Å². The predicted octanol–water partition coefficient (Wildman–Crippen LogP) is -2.67. The van der Waals surface area contributed by atoms with Crippen LogP contribution in [0.2, 0.25) is 0 Å². The first-order valence-electron chi connectivity index (χ1n) is 1.36. The number of carboxylic acid groups (broad SMARTS) is 1. The molecule has 56 valence electrons. The van der Waals surface area contributed by atoms with E-state index in [0.717, 1.165) is 0 Å². The Labute approximate surface area is 116 Å². The van der Waals surface area contributed by atoms with Gasteiger partial charge in [0.2, 0.25) is 0 Å². The number of rotatable bonds is 1. The number of hydrogen-bond donors (Lipinski definition) is 3. The summed E-state index contributed by atoms with van der Waals surface area (Å²) in [6, 6.07) is 0. The summed E-state index contributed by atoms with van der Waals surface area (Å²) in [5, 5.41) is 7.60. The Morgan fingerprint density at radius 2 is 1.60 bits per heavy atom. The van der Waals surface area contributed by atoms with E-state index >= 15 is 0 Å². The molecule has 10 heavy (non-hydrogen) atoms. The van der Waals surface area contributed by atoms with Crippen LogP contribution in [0.1, 0.15) is 0 Å². The van der Waals surface area contributed by atoms with Crippen molar-refractivity contribution in [2.45, 2.75) is 0 Å². The number of nitrogens with two attached hydrogens (primary N) is 1. The fraction of sp³-hybridized carbons (Fsp3) is 0.500. The topological polar surface area (TPSA) is 83.6 Å². The summed E-state index contributed by atoms with van der Waals surface area (Å²) in [5.74, 6) is -0.968. The molecule has 0 aromatic carbocycles. The maximum absolute atomic E-state index is 9.24. The van der Waals surface area contributed by atoms with Crippen LogP contribution in [0, 0.1) is 0 Å². The summed E-state index contributed by atoms with van der Waals surface area (Å²) in [5.41, 5.74) is 4.57. The second-order valence-electron chi connectivity index (χ2n) is 0.598. The van der Waals surface area contributed by atoms with Gasteiger partial charge in [-0.2, -0.15) is 0 Å². The van der Waals surface area contributed by atoms with E-state index in [9.17, 15) is 4.79 Å². The van der Waals surface area contributed by atoms with Crippen molar-refractivity contribution in [3.8, 4) is 0 Å². The Hall–Kier alpha value is 2.10. The van der Waals surface area contributed by atoms with E-state index < -0.39 is 5.97 Å². The molecule has 0 aromatic rings. The number of aliphatic carboxylic acids is 1. The summed E-state index contributed by atoms with van der Waals surface area (Å²) in [6.45, 7) is -0.278. The number of hydrogen-bond acceptors (Lipinski definition) is 3. The van der Waals surface area contributed by atoms with E-state index in [2.05, 4.69) is 17.6 Å². The zero-order valence-electron chi connectivity index (χ0n) is 3.97. The van der Waals surface area contributed by atoms with Gasteiger partial charge in [0.25, 0.3) is 0 Å². The Morgan fingerprint density at radius 1 is 1.50 bits per heavy atom. The standard InChI is InChI=1S/C2H5NO2.Al.ClHO.Na.Zr.4H/c3-1-2(4)5;;1-2;;;;;;/h1,3H2,(H,4,5);;2H;;;;;;. The van der Waals surface area contributed by atoms with E-state index in [-0.39, 0.29) is 79.7 Å². The second kappa shape index (κ2) is 30.4. The minimum Gasteiger partial charge on any atom is 0 e. The second-order valence-corrected chi connectivity index (χ2v) is 0.598. The normalized spacial score (nSPS) is 4.30. The van der Waals surface area contributed by atoms with Crippen molar-refractivity contribution >= 4 is 64.8 Å². The zero-order chi connectivity index (χ0) is 6.28. The van der Waals surface area contributed by atoms with Gasteiger partial charge in [0.1, 0.15) is 0 Å². The molecule has 4 N–H and O–H groups in total. The molecule has 0 unspecified atom stereocenters. The van der Waals surface area contributed by atoms with Gasteiger partial charge in [-0.25, -0.2) is 0 Å². The Balaban J connectivity index is -0.0000000154. The summed E-state index contributed by atoms with van der Waals surface area (Å²) in [7, 11) is 0. The molecule has 0 aliphatic carbocycles. The van der Waals surface area contributed by atoms with E-state index in [0.29, 0.717) is 0 Å². The van der Waals surface area contributed by atoms with Gasteiger partial charge in [-0.3, -0.25) is 9.45 Å². The van der Waals surface area contributed by atoms with Crippen LogP contribution in [0.25, 0.3) is 0 Å². The smallest absolute Gasteiger partial charge is 0 e. The van der Waals surface area contributed by atoms with Crippen LogP contribution in [-0.2, 0) is 31.0 Å². The van der Waals surface area contributed by atoms with Crippen molar-refractivity contribution < 1.29 is 40.8 Å². The third-order valence-electron chi connectivity index (χ3n) is 0.175. The molecule has 0 aliphatic heterocycles. The first-order valence-corrected chi connectivity index (χ1v) is 1.70. The van der Waals surface area contributed by atoms with E-state index in [1.807, 2.05) is 0 Å². The molecular formula is C2H10AlClNNaO3Zr. The molecule has 0 bridgehead atoms. The third kappa shape index (κ3) is 49.8. The molecule has 0 radical (unpaired) electrons. The monoisotopic (exact) mass is 271 g/mol. The maximum atomic E-state index is 9.24. The minimum absolute atomic E-state index is 0. The fourth-order valence-corrected chi connectivity index (χ4v) is 0. The molecule has 0 atom stereocenters. The number of carboxylic acids is 1. The van der Waals surface area contributed by atoms with Crippen molar-refractivity contribution in [3.05, 3.63) is 0 Å². The first kappa shape index (κ1) is 29.6. The Morgan fingerprint density at radius 3 is 1.60 bits per heavy atom. The molecule has 0 rings (SSSR count). The average molecular weight is 273 g/mol. The maximum Gasteiger partial charge on any atom is 0 e. The summed E-state index contributed by atoms with van der Waals surface area (Å²) < 4.78 is 6.47. The predicted molar refractivity (Wildman–Crippen MR) is 41.9 cm³/mol. The van der Waals surface area contributed by atoms with Crippen molar-refractivity contribution in [2.75, 3.05) is 6.54 Å². The van der Waals surface area contributed by atoms with Crippen LogP contribution in [-0.4, -0.2) is 69.2 Å². The van der Waals surface area contributed by atoms with Crippen molar-refractivity contribution in [3.63, 3.8) is 0 Å². The van der Waals surface area contributed by atoms with Gasteiger partial charge < -0.3 is 10.8 Å². The third-order valence-corrected chi connectivity index (χ3v) is 0.175. The zero-order valence-corrected chi connectivity index (χ0v) is 7.18. The van der Waals surface area contributed by atoms with Crippen LogP contribution >= 0.6 is 11.9 Å². The number of carbonyl (C=O) groups is 1. The molecular weight excluding hydrogens is 263 g/mol. The van der Waals surface area contributed by atoms with Crippen molar-refractivity contribution in [1.29, 1.82) is 0 Å². The quantitative estimate of drug-likeness (QED) is 0.455. The minimum atomic E-state index is -0.968. The Bertz CT molecular complexity index is 61.8. The van der Waals surface area contributed by atoms with E-state index in [4.69, 9.17) is 9.77 Å². The van der Waals surface area contributed by atoms with Crippen LogP contribution in [0.4, 0.5) is 0 Å².